The van der Waals surface area contributed by atoms with Crippen molar-refractivity contribution in [3.05, 3.63) is 58.6 Å². The highest BCUT2D eigenvalue weighted by atomic mass is 32.1. The average Bonchev–Trinajstić information content (AvgIpc) is 3.17. The molecular formula is C21H27N3O2S. The Kier molecular flexibility index (Phi) is 7.73. The minimum absolute atomic E-state index is 0.0387. The standard InChI is InChI=1S/C21H27N3O2S/c1-14(2)18(23-17(25)11-10-16-8-6-5-7-9-16)20(26)24-19(15(3)4)21-22-12-13-27-21/h5-15,18-19H,1-4H3,(H,23,25)(H,24,26)/b11-10+/t18-,19-/m0/s1. The smallest absolute Gasteiger partial charge is 0.244 e. The first-order valence-corrected chi connectivity index (χ1v) is 10.00. The second kappa shape index (κ2) is 10.0. The molecule has 0 saturated heterocycles. The highest BCUT2D eigenvalue weighted by Gasteiger charge is 2.28. The first-order valence-electron chi connectivity index (χ1n) is 9.12. The van der Waals surface area contributed by atoms with E-state index < -0.39 is 6.04 Å². The van der Waals surface area contributed by atoms with Gasteiger partial charge in [-0.3, -0.25) is 9.59 Å². The summed E-state index contributed by atoms with van der Waals surface area (Å²) in [5, 5.41) is 8.64. The summed E-state index contributed by atoms with van der Waals surface area (Å²) in [5.74, 6) is -0.326. The summed E-state index contributed by atoms with van der Waals surface area (Å²) in [7, 11) is 0. The van der Waals surface area contributed by atoms with Crippen LogP contribution in [0.5, 0.6) is 0 Å². The lowest BCUT2D eigenvalue weighted by Crippen LogP contribution is -2.50. The zero-order chi connectivity index (χ0) is 19.8. The van der Waals surface area contributed by atoms with Crippen molar-refractivity contribution in [1.82, 2.24) is 15.6 Å². The molecule has 0 radical (unpaired) electrons. The number of hydrogen-bond donors (Lipinski definition) is 2. The monoisotopic (exact) mass is 385 g/mol. The summed E-state index contributed by atoms with van der Waals surface area (Å²) in [6.45, 7) is 7.91. The predicted molar refractivity (Wildman–Crippen MR) is 110 cm³/mol. The Balaban J connectivity index is 2.03. The summed E-state index contributed by atoms with van der Waals surface area (Å²) < 4.78 is 0. The molecule has 1 heterocycles. The molecule has 2 atom stereocenters. The molecule has 6 heteroatoms. The van der Waals surface area contributed by atoms with Crippen LogP contribution in [0.1, 0.15) is 44.3 Å². The van der Waals surface area contributed by atoms with E-state index in [9.17, 15) is 9.59 Å². The molecule has 0 aliphatic carbocycles. The number of rotatable bonds is 8. The highest BCUT2D eigenvalue weighted by molar-refractivity contribution is 7.09. The highest BCUT2D eigenvalue weighted by Crippen LogP contribution is 2.23. The van der Waals surface area contributed by atoms with Gasteiger partial charge in [0.2, 0.25) is 11.8 Å². The predicted octanol–water partition coefficient (Wildman–Crippen LogP) is 3.81. The van der Waals surface area contributed by atoms with Crippen LogP contribution in [0.15, 0.2) is 48.0 Å². The van der Waals surface area contributed by atoms with E-state index in [0.717, 1.165) is 10.6 Å². The van der Waals surface area contributed by atoms with Crippen molar-refractivity contribution in [2.45, 2.75) is 39.8 Å². The van der Waals surface area contributed by atoms with Crippen LogP contribution in [0.3, 0.4) is 0 Å². The molecule has 2 N–H and O–H groups in total. The van der Waals surface area contributed by atoms with Gasteiger partial charge in [0, 0.05) is 17.7 Å². The van der Waals surface area contributed by atoms with Crippen LogP contribution >= 0.6 is 11.3 Å². The molecule has 27 heavy (non-hydrogen) atoms. The molecule has 0 aliphatic rings. The SMILES string of the molecule is CC(C)[C@H](NC(=O)/C=C/c1ccccc1)C(=O)N[C@H](c1nccs1)C(C)C. The van der Waals surface area contributed by atoms with Gasteiger partial charge in [0.15, 0.2) is 0 Å². The molecule has 0 fully saturated rings. The largest absolute Gasteiger partial charge is 0.345 e. The number of thiazole rings is 1. The fourth-order valence-corrected chi connectivity index (χ4v) is 3.48. The second-order valence-corrected chi connectivity index (χ2v) is 8.00. The average molecular weight is 386 g/mol. The number of nitrogens with one attached hydrogen (secondary N) is 2. The number of nitrogens with zero attached hydrogens (tertiary/aromatic N) is 1. The topological polar surface area (TPSA) is 71.1 Å². The molecule has 1 aromatic heterocycles. The molecule has 0 bridgehead atoms. The van der Waals surface area contributed by atoms with Gasteiger partial charge in [-0.05, 0) is 23.5 Å². The molecule has 0 saturated carbocycles. The van der Waals surface area contributed by atoms with Crippen molar-refractivity contribution < 1.29 is 9.59 Å². The van der Waals surface area contributed by atoms with Gasteiger partial charge in [-0.2, -0.15) is 0 Å². The van der Waals surface area contributed by atoms with E-state index >= 15 is 0 Å². The van der Waals surface area contributed by atoms with Crippen LogP contribution in [-0.2, 0) is 9.59 Å². The first kappa shape index (κ1) is 20.8. The maximum Gasteiger partial charge on any atom is 0.244 e. The van der Waals surface area contributed by atoms with Crippen LogP contribution in [0.25, 0.3) is 6.08 Å². The molecular weight excluding hydrogens is 358 g/mol. The first-order chi connectivity index (χ1) is 12.9. The molecule has 0 aliphatic heterocycles. The Morgan fingerprint density at radius 1 is 1.04 bits per heavy atom. The number of amides is 2. The van der Waals surface area contributed by atoms with Gasteiger partial charge in [-0.25, -0.2) is 4.98 Å². The van der Waals surface area contributed by atoms with Crippen molar-refractivity contribution in [2.24, 2.45) is 11.8 Å². The van der Waals surface area contributed by atoms with Crippen LogP contribution in [0, 0.1) is 11.8 Å². The number of aromatic nitrogens is 1. The number of benzene rings is 1. The summed E-state index contributed by atoms with van der Waals surface area (Å²) >= 11 is 1.52. The quantitative estimate of drug-likeness (QED) is 0.679. The third-order valence-electron chi connectivity index (χ3n) is 4.16. The Hall–Kier alpha value is -2.47. The summed E-state index contributed by atoms with van der Waals surface area (Å²) in [6, 6.07) is 8.79. The van der Waals surface area contributed by atoms with Crippen molar-refractivity contribution in [3.8, 4) is 0 Å². The Bertz CT molecular complexity index is 755. The van der Waals surface area contributed by atoms with E-state index in [4.69, 9.17) is 0 Å². The molecule has 2 rings (SSSR count). The summed E-state index contributed by atoms with van der Waals surface area (Å²) in [4.78, 5) is 29.5. The minimum atomic E-state index is -0.612. The Morgan fingerprint density at radius 2 is 1.74 bits per heavy atom. The minimum Gasteiger partial charge on any atom is -0.345 e. The molecule has 0 spiro atoms. The van der Waals surface area contributed by atoms with Crippen LogP contribution in [0.4, 0.5) is 0 Å². The normalized spacial score (nSPS) is 13.7. The maximum atomic E-state index is 12.8. The van der Waals surface area contributed by atoms with Crippen LogP contribution in [-0.4, -0.2) is 22.8 Å². The van der Waals surface area contributed by atoms with E-state index in [1.165, 1.54) is 17.4 Å². The van der Waals surface area contributed by atoms with Gasteiger partial charge < -0.3 is 10.6 Å². The Labute approximate surface area is 164 Å². The third kappa shape index (κ3) is 6.32. The number of hydrogen-bond acceptors (Lipinski definition) is 4. The fraction of sp³-hybridized carbons (Fsp3) is 0.381. The summed E-state index contributed by atoms with van der Waals surface area (Å²) in [6.07, 6.45) is 4.92. The molecule has 2 amide bonds. The van der Waals surface area contributed by atoms with E-state index in [0.29, 0.717) is 0 Å². The number of carbonyl (C=O) groups is 2. The molecule has 5 nitrogen and oxygen atoms in total. The Morgan fingerprint density at radius 3 is 2.30 bits per heavy atom. The van der Waals surface area contributed by atoms with Gasteiger partial charge in [0.05, 0.1) is 6.04 Å². The zero-order valence-electron chi connectivity index (χ0n) is 16.2. The van der Waals surface area contributed by atoms with Gasteiger partial charge in [0.25, 0.3) is 0 Å². The van der Waals surface area contributed by atoms with Crippen molar-refractivity contribution >= 4 is 29.2 Å². The van der Waals surface area contributed by atoms with Crippen molar-refractivity contribution in [3.63, 3.8) is 0 Å². The van der Waals surface area contributed by atoms with E-state index in [2.05, 4.69) is 15.6 Å². The third-order valence-corrected chi connectivity index (χ3v) is 5.01. The molecule has 1 aromatic carbocycles. The van der Waals surface area contributed by atoms with E-state index in [-0.39, 0.29) is 29.7 Å². The second-order valence-electron chi connectivity index (χ2n) is 7.07. The molecule has 0 unspecified atom stereocenters. The number of carbonyl (C=O) groups excluding carboxylic acids is 2. The van der Waals surface area contributed by atoms with E-state index in [1.807, 2.05) is 63.4 Å². The summed E-state index contributed by atoms with van der Waals surface area (Å²) in [5.41, 5.74) is 0.932. The van der Waals surface area contributed by atoms with E-state index in [1.54, 1.807) is 12.3 Å². The van der Waals surface area contributed by atoms with Crippen LogP contribution in [0.2, 0.25) is 0 Å². The van der Waals surface area contributed by atoms with Crippen LogP contribution < -0.4 is 10.6 Å². The molecule has 144 valence electrons. The van der Waals surface area contributed by atoms with Gasteiger partial charge >= 0.3 is 0 Å². The van der Waals surface area contributed by atoms with Crippen molar-refractivity contribution in [2.75, 3.05) is 0 Å². The zero-order valence-corrected chi connectivity index (χ0v) is 17.0. The molecule has 2 aromatic rings. The van der Waals surface area contributed by atoms with Gasteiger partial charge in [-0.15, -0.1) is 11.3 Å². The van der Waals surface area contributed by atoms with Crippen molar-refractivity contribution in [1.29, 1.82) is 0 Å². The lowest BCUT2D eigenvalue weighted by molar-refractivity contribution is -0.129. The maximum absolute atomic E-state index is 12.8. The lowest BCUT2D eigenvalue weighted by atomic mass is 10.0. The fourth-order valence-electron chi connectivity index (χ4n) is 2.62. The van der Waals surface area contributed by atoms with Gasteiger partial charge in [-0.1, -0.05) is 58.0 Å². The van der Waals surface area contributed by atoms with Gasteiger partial charge in [0.1, 0.15) is 11.0 Å². The lowest BCUT2D eigenvalue weighted by Gasteiger charge is -2.26.